The van der Waals surface area contributed by atoms with Crippen LogP contribution in [-0.4, -0.2) is 36.9 Å². The Hall–Kier alpha value is -5.22. The van der Waals surface area contributed by atoms with Gasteiger partial charge in [-0.15, -0.1) is 0 Å². The van der Waals surface area contributed by atoms with Crippen molar-refractivity contribution in [2.24, 2.45) is 5.10 Å². The van der Waals surface area contributed by atoms with Crippen LogP contribution in [-0.2, 0) is 10.0 Å². The minimum atomic E-state index is -3.75. The van der Waals surface area contributed by atoms with Crippen molar-refractivity contribution in [2.75, 3.05) is 11.3 Å². The minimum absolute atomic E-state index is 0.157. The third kappa shape index (κ3) is 7.35. The van der Waals surface area contributed by atoms with Crippen LogP contribution < -0.4 is 14.9 Å². The van der Waals surface area contributed by atoms with Crippen LogP contribution in [0, 0.1) is 6.92 Å². The number of aromatic nitrogens is 2. The first-order valence-electron chi connectivity index (χ1n) is 13.7. The first-order valence-corrected chi connectivity index (χ1v) is 15.2. The molecule has 0 aliphatic carbocycles. The number of carbonyl (C=O) groups excluding carboxylic acids is 1. The lowest BCUT2D eigenvalue weighted by Gasteiger charge is -2.09. The van der Waals surface area contributed by atoms with Crippen molar-refractivity contribution in [3.8, 4) is 22.7 Å². The molecule has 0 bridgehead atoms. The molecule has 218 valence electrons. The van der Waals surface area contributed by atoms with Gasteiger partial charge in [0.1, 0.15) is 11.4 Å². The van der Waals surface area contributed by atoms with Gasteiger partial charge in [-0.1, -0.05) is 42.8 Å². The Morgan fingerprint density at radius 2 is 1.63 bits per heavy atom. The molecule has 43 heavy (non-hydrogen) atoms. The fraction of sp³-hybridized carbons (Fsp3) is 0.121. The van der Waals surface area contributed by atoms with Crippen LogP contribution in [0.25, 0.3) is 16.9 Å². The Balaban J connectivity index is 1.30. The zero-order valence-electron chi connectivity index (χ0n) is 23.8. The summed E-state index contributed by atoms with van der Waals surface area (Å²) in [6, 6.07) is 30.1. The second-order valence-electron chi connectivity index (χ2n) is 9.78. The lowest BCUT2D eigenvalue weighted by atomic mass is 10.1. The molecular formula is C33H31N5O4S. The number of para-hydroxylation sites is 1. The van der Waals surface area contributed by atoms with Crippen molar-refractivity contribution < 1.29 is 17.9 Å². The Morgan fingerprint density at radius 3 is 2.30 bits per heavy atom. The molecule has 0 fully saturated rings. The summed E-state index contributed by atoms with van der Waals surface area (Å²) in [4.78, 5) is 12.9. The van der Waals surface area contributed by atoms with Crippen LogP contribution in [0.3, 0.4) is 0 Å². The highest BCUT2D eigenvalue weighted by Gasteiger charge is 2.15. The van der Waals surface area contributed by atoms with Gasteiger partial charge in [0.25, 0.3) is 15.9 Å². The zero-order valence-corrected chi connectivity index (χ0v) is 24.6. The van der Waals surface area contributed by atoms with Gasteiger partial charge in [0.2, 0.25) is 0 Å². The van der Waals surface area contributed by atoms with E-state index < -0.39 is 15.9 Å². The van der Waals surface area contributed by atoms with E-state index >= 15 is 0 Å². The third-order valence-corrected chi connectivity index (χ3v) is 7.86. The summed E-state index contributed by atoms with van der Waals surface area (Å²) in [5.74, 6) is 0.336. The molecule has 1 aromatic heterocycles. The summed E-state index contributed by atoms with van der Waals surface area (Å²) < 4.78 is 35.3. The van der Waals surface area contributed by atoms with Crippen LogP contribution in [0.4, 0.5) is 5.69 Å². The summed E-state index contributed by atoms with van der Waals surface area (Å²) >= 11 is 0. The fourth-order valence-corrected chi connectivity index (χ4v) is 5.25. The number of sulfonamides is 1. The number of hydrogen-bond donors (Lipinski definition) is 2. The van der Waals surface area contributed by atoms with Gasteiger partial charge < -0.3 is 4.74 Å². The standard InChI is InChI=1S/C33H31N5O4S/c1-3-21-42-30-17-13-25(14-18-30)32-27(23-38(36-32)29-7-5-4-6-8-29)22-34-35-33(39)26-11-15-28(16-12-26)37-43(40,41)31-19-9-24(2)10-20-31/h4-20,22-23,37H,3,21H2,1-2H3,(H,35,39)/b34-22+. The van der Waals surface area contributed by atoms with Crippen LogP contribution in [0.5, 0.6) is 5.75 Å². The Labute approximate surface area is 250 Å². The monoisotopic (exact) mass is 593 g/mol. The molecule has 9 nitrogen and oxygen atoms in total. The van der Waals surface area contributed by atoms with E-state index in [2.05, 4.69) is 22.2 Å². The van der Waals surface area contributed by atoms with Gasteiger partial charge in [-0.2, -0.15) is 10.2 Å². The highest BCUT2D eigenvalue weighted by molar-refractivity contribution is 7.92. The second-order valence-corrected chi connectivity index (χ2v) is 11.5. The number of ether oxygens (including phenoxy) is 1. The van der Waals surface area contributed by atoms with Crippen molar-refractivity contribution in [2.45, 2.75) is 25.2 Å². The van der Waals surface area contributed by atoms with E-state index in [1.165, 1.54) is 24.3 Å². The van der Waals surface area contributed by atoms with Crippen molar-refractivity contribution in [1.29, 1.82) is 0 Å². The summed E-state index contributed by atoms with van der Waals surface area (Å²) in [6.07, 6.45) is 4.31. The van der Waals surface area contributed by atoms with Crippen molar-refractivity contribution in [3.63, 3.8) is 0 Å². The molecule has 0 radical (unpaired) electrons. The Kier molecular flexibility index (Phi) is 8.97. The molecule has 0 atom stereocenters. The summed E-state index contributed by atoms with van der Waals surface area (Å²) in [7, 11) is -3.75. The number of anilines is 1. The fourth-order valence-electron chi connectivity index (χ4n) is 4.19. The molecular weight excluding hydrogens is 562 g/mol. The number of nitrogens with zero attached hydrogens (tertiary/aromatic N) is 3. The summed E-state index contributed by atoms with van der Waals surface area (Å²) in [5, 5.41) is 8.96. The average Bonchev–Trinajstić information content (AvgIpc) is 3.45. The van der Waals surface area contributed by atoms with Crippen LogP contribution in [0.1, 0.15) is 34.8 Å². The number of rotatable bonds is 11. The van der Waals surface area contributed by atoms with Crippen LogP contribution in [0.2, 0.25) is 0 Å². The van der Waals surface area contributed by atoms with Crippen molar-refractivity contribution >= 4 is 27.8 Å². The number of aryl methyl sites for hydroxylation is 1. The molecule has 0 saturated carbocycles. The van der Waals surface area contributed by atoms with Gasteiger partial charge in [-0.3, -0.25) is 9.52 Å². The maximum Gasteiger partial charge on any atom is 0.271 e. The molecule has 0 saturated heterocycles. The highest BCUT2D eigenvalue weighted by atomic mass is 32.2. The van der Waals surface area contributed by atoms with Crippen molar-refractivity contribution in [3.05, 3.63) is 126 Å². The number of hydrogen-bond acceptors (Lipinski definition) is 6. The van der Waals surface area contributed by atoms with E-state index in [0.717, 1.165) is 29.0 Å². The lowest BCUT2D eigenvalue weighted by molar-refractivity contribution is 0.0955. The van der Waals surface area contributed by atoms with Gasteiger partial charge in [-0.25, -0.2) is 18.5 Å². The van der Waals surface area contributed by atoms with E-state index in [1.807, 2.05) is 67.7 Å². The molecule has 0 spiro atoms. The van der Waals surface area contributed by atoms with Gasteiger partial charge in [0.15, 0.2) is 0 Å². The first-order chi connectivity index (χ1) is 20.8. The topological polar surface area (TPSA) is 115 Å². The largest absolute Gasteiger partial charge is 0.494 e. The molecule has 2 N–H and O–H groups in total. The number of hydrazone groups is 1. The maximum atomic E-state index is 12.8. The molecule has 10 heteroatoms. The summed E-state index contributed by atoms with van der Waals surface area (Å²) in [5.41, 5.74) is 7.30. The maximum absolute atomic E-state index is 12.8. The van der Waals surface area contributed by atoms with E-state index in [1.54, 1.807) is 35.2 Å². The second kappa shape index (κ2) is 13.2. The van der Waals surface area contributed by atoms with Gasteiger partial charge >= 0.3 is 0 Å². The molecule has 1 heterocycles. The Morgan fingerprint density at radius 1 is 0.930 bits per heavy atom. The van der Waals surface area contributed by atoms with E-state index in [0.29, 0.717) is 29.1 Å². The molecule has 4 aromatic carbocycles. The number of nitrogens with one attached hydrogen (secondary N) is 2. The van der Waals surface area contributed by atoms with E-state index in [4.69, 9.17) is 9.84 Å². The molecule has 0 unspecified atom stereocenters. The lowest BCUT2D eigenvalue weighted by Crippen LogP contribution is -2.18. The predicted molar refractivity (Wildman–Crippen MR) is 168 cm³/mol. The molecule has 5 rings (SSSR count). The number of benzene rings is 4. The van der Waals surface area contributed by atoms with Crippen LogP contribution >= 0.6 is 0 Å². The molecule has 1 amide bonds. The Bertz CT molecular complexity index is 1820. The number of carbonyl (C=O) groups is 1. The minimum Gasteiger partial charge on any atom is -0.494 e. The first kappa shape index (κ1) is 29.3. The quantitative estimate of drug-likeness (QED) is 0.140. The predicted octanol–water partition coefficient (Wildman–Crippen LogP) is 6.20. The molecule has 0 aliphatic heterocycles. The third-order valence-electron chi connectivity index (χ3n) is 6.46. The molecule has 0 aliphatic rings. The van der Waals surface area contributed by atoms with Gasteiger partial charge in [0, 0.05) is 28.6 Å². The van der Waals surface area contributed by atoms with Crippen LogP contribution in [0.15, 0.2) is 119 Å². The summed E-state index contributed by atoms with van der Waals surface area (Å²) in [6.45, 7) is 4.59. The van der Waals surface area contributed by atoms with Gasteiger partial charge in [0.05, 0.1) is 23.4 Å². The highest BCUT2D eigenvalue weighted by Crippen LogP contribution is 2.25. The average molecular weight is 594 g/mol. The number of amides is 1. The molecule has 5 aromatic rings. The van der Waals surface area contributed by atoms with E-state index in [9.17, 15) is 13.2 Å². The zero-order chi connectivity index (χ0) is 30.2. The van der Waals surface area contributed by atoms with Gasteiger partial charge in [-0.05, 0) is 86.1 Å². The van der Waals surface area contributed by atoms with Crippen molar-refractivity contribution in [1.82, 2.24) is 15.2 Å². The van der Waals surface area contributed by atoms with E-state index in [-0.39, 0.29) is 4.90 Å². The smallest absolute Gasteiger partial charge is 0.271 e. The normalized spacial score (nSPS) is 11.4. The SMILES string of the molecule is CCCOc1ccc(-c2nn(-c3ccccc3)cc2/C=N/NC(=O)c2ccc(NS(=O)(=O)c3ccc(C)cc3)cc2)cc1.